The standard InChI is InChI=1S/C5H15BS/c1-7(2,3,4,5)6/h1-5H3. The van der Waals surface area contributed by atoms with Gasteiger partial charge in [-0.3, -0.25) is 0 Å². The molecule has 0 atom stereocenters. The minimum Gasteiger partial charge on any atom is -0.314 e. The van der Waals surface area contributed by atoms with E-state index < -0.39 is 8.15 Å². The van der Waals surface area contributed by atoms with Crippen molar-refractivity contribution < 1.29 is 0 Å². The highest BCUT2D eigenvalue weighted by Crippen LogP contribution is 2.70. The van der Waals surface area contributed by atoms with Crippen molar-refractivity contribution in [3.63, 3.8) is 0 Å². The quantitative estimate of drug-likeness (QED) is 0.418. The number of hydrogen-bond donors (Lipinski definition) is 0. The molecule has 0 saturated heterocycles. The lowest BCUT2D eigenvalue weighted by molar-refractivity contribution is 1.85. The van der Waals surface area contributed by atoms with Crippen molar-refractivity contribution in [2.45, 2.75) is 0 Å². The summed E-state index contributed by atoms with van der Waals surface area (Å²) < 4.78 is 0. The van der Waals surface area contributed by atoms with Crippen LogP contribution in [-0.2, 0) is 0 Å². The van der Waals surface area contributed by atoms with Gasteiger partial charge < -0.3 is 8.15 Å². The van der Waals surface area contributed by atoms with Crippen LogP contribution in [0.3, 0.4) is 0 Å². The van der Waals surface area contributed by atoms with E-state index in [1.54, 1.807) is 0 Å². The fraction of sp³-hybridized carbons (Fsp3) is 1.00. The van der Waals surface area contributed by atoms with E-state index in [4.69, 9.17) is 7.12 Å². The van der Waals surface area contributed by atoms with Gasteiger partial charge >= 0.3 is 0 Å². The van der Waals surface area contributed by atoms with Gasteiger partial charge in [-0.15, -0.1) is 0 Å². The molecule has 2 heteroatoms. The third-order valence-electron chi connectivity index (χ3n) is 0. The Bertz CT molecular complexity index is 66.6. The summed E-state index contributed by atoms with van der Waals surface area (Å²) in [6, 6.07) is 0. The summed E-state index contributed by atoms with van der Waals surface area (Å²) in [7, 11) is 3.99. The van der Waals surface area contributed by atoms with Gasteiger partial charge in [0.25, 0.3) is 0 Å². The molecule has 0 aliphatic heterocycles. The normalized spacial score (nSPS) is 23.0. The summed E-state index contributed by atoms with van der Waals surface area (Å²) >= 11 is 0. The molecule has 0 aromatic heterocycles. The second-order valence-electron chi connectivity index (χ2n) is 5.26. The average molecular weight is 118 g/mol. The molecular weight excluding hydrogens is 103 g/mol. The van der Waals surface area contributed by atoms with Gasteiger partial charge in [-0.1, -0.05) is 31.3 Å². The predicted octanol–water partition coefficient (Wildman–Crippen LogP) is 1.09. The summed E-state index contributed by atoms with van der Waals surface area (Å²) in [6.07, 6.45) is 10.6. The molecule has 7 heavy (non-hydrogen) atoms. The topological polar surface area (TPSA) is 0 Å². The van der Waals surface area contributed by atoms with Crippen molar-refractivity contribution in [2.24, 2.45) is 0 Å². The van der Waals surface area contributed by atoms with Crippen LogP contribution in [0.25, 0.3) is 0 Å². The Kier molecular flexibility index (Phi) is 0.839. The first-order chi connectivity index (χ1) is 2.45. The highest BCUT2D eigenvalue weighted by molar-refractivity contribution is 8.76. The molecule has 0 nitrogen and oxygen atoms in total. The zero-order chi connectivity index (χ0) is 6.41. The van der Waals surface area contributed by atoms with Crippen molar-refractivity contribution in [2.75, 3.05) is 31.3 Å². The summed E-state index contributed by atoms with van der Waals surface area (Å²) in [5.41, 5.74) is 0. The molecule has 0 N–H and O–H groups in total. The Balaban J connectivity index is 4.43. The monoisotopic (exact) mass is 118 g/mol. The van der Waals surface area contributed by atoms with Crippen LogP contribution in [0.15, 0.2) is 0 Å². The van der Waals surface area contributed by atoms with Crippen LogP contribution < -0.4 is 0 Å². The molecule has 0 aliphatic rings. The highest BCUT2D eigenvalue weighted by Gasteiger charge is 2.29. The first kappa shape index (κ1) is 7.41. The molecule has 0 aliphatic carbocycles. The molecule has 0 amide bonds. The lowest BCUT2D eigenvalue weighted by atomic mass is 10.8. The van der Waals surface area contributed by atoms with Crippen molar-refractivity contribution in [1.29, 1.82) is 0 Å². The van der Waals surface area contributed by atoms with E-state index in [-0.39, 0.29) is 0 Å². The first-order valence-corrected chi connectivity index (χ1v) is 6.83. The maximum Gasteiger partial charge on any atom is 0.121 e. The lowest BCUT2D eigenvalue weighted by Crippen LogP contribution is -2.28. The van der Waals surface area contributed by atoms with Gasteiger partial charge in [0.2, 0.25) is 0 Å². The number of rotatable bonds is 0. The van der Waals surface area contributed by atoms with Gasteiger partial charge in [-0.05, 0) is 0 Å². The molecule has 0 heterocycles. The van der Waals surface area contributed by atoms with Gasteiger partial charge in [-0.2, -0.15) is 0 Å². The molecule has 0 bridgehead atoms. The minimum atomic E-state index is -1.97. The van der Waals surface area contributed by atoms with Gasteiger partial charge in [0.15, 0.2) is 0 Å². The molecule has 0 saturated carbocycles. The van der Waals surface area contributed by atoms with Crippen molar-refractivity contribution >= 4 is 15.3 Å². The molecule has 0 unspecified atom stereocenters. The Morgan fingerprint density at radius 2 is 0.857 bits per heavy atom. The van der Waals surface area contributed by atoms with Crippen LogP contribution in [0.5, 0.6) is 0 Å². The smallest absolute Gasteiger partial charge is 0.121 e. The molecular formula is C5H15BS. The second-order valence-corrected chi connectivity index (χ2v) is 15.8. The van der Waals surface area contributed by atoms with Gasteiger partial charge in [-0.25, -0.2) is 0 Å². The first-order valence-electron chi connectivity index (χ1n) is 2.28. The molecule has 0 rings (SSSR count). The maximum absolute atomic E-state index is 5.96. The largest absolute Gasteiger partial charge is 0.314 e. The lowest BCUT2D eigenvalue weighted by Gasteiger charge is -2.62. The second kappa shape index (κ2) is 0.792. The predicted molar refractivity (Wildman–Crippen MR) is 43.0 cm³/mol. The van der Waals surface area contributed by atoms with E-state index in [0.717, 1.165) is 0 Å². The molecule has 0 aromatic carbocycles. The third-order valence-corrected chi connectivity index (χ3v) is 0. The fourth-order valence-electron chi connectivity index (χ4n) is 0. The summed E-state index contributed by atoms with van der Waals surface area (Å²) in [5, 5.41) is 0. The van der Waals surface area contributed by atoms with E-state index in [1.165, 1.54) is 0 Å². The highest BCUT2D eigenvalue weighted by atomic mass is 32.4. The van der Waals surface area contributed by atoms with Gasteiger partial charge in [0.1, 0.15) is 7.12 Å². The molecule has 2 radical (unpaired) electrons. The summed E-state index contributed by atoms with van der Waals surface area (Å²) in [5.74, 6) is 0. The van der Waals surface area contributed by atoms with E-state index in [2.05, 4.69) is 31.3 Å². The van der Waals surface area contributed by atoms with Crippen LogP contribution in [0.4, 0.5) is 0 Å². The van der Waals surface area contributed by atoms with Crippen LogP contribution in [0.1, 0.15) is 0 Å². The van der Waals surface area contributed by atoms with Crippen molar-refractivity contribution in [3.05, 3.63) is 0 Å². The Labute approximate surface area is 47.2 Å². The van der Waals surface area contributed by atoms with Gasteiger partial charge in [0.05, 0.1) is 0 Å². The van der Waals surface area contributed by atoms with E-state index in [1.807, 2.05) is 0 Å². The fourth-order valence-corrected chi connectivity index (χ4v) is 0. The number of hydrogen-bond acceptors (Lipinski definition) is 0. The SMILES string of the molecule is [B]S(C)(C)(C)(C)C. The van der Waals surface area contributed by atoms with Crippen LogP contribution >= 0.6 is 8.15 Å². The van der Waals surface area contributed by atoms with Crippen molar-refractivity contribution in [1.82, 2.24) is 0 Å². The van der Waals surface area contributed by atoms with E-state index in [0.29, 0.717) is 0 Å². The van der Waals surface area contributed by atoms with Gasteiger partial charge in [0, 0.05) is 0 Å². The molecule has 0 fully saturated rings. The van der Waals surface area contributed by atoms with Crippen molar-refractivity contribution in [3.8, 4) is 0 Å². The Hall–Kier alpha value is 0.415. The summed E-state index contributed by atoms with van der Waals surface area (Å²) in [6.45, 7) is 0. The minimum absolute atomic E-state index is 1.97. The van der Waals surface area contributed by atoms with E-state index in [9.17, 15) is 0 Å². The van der Waals surface area contributed by atoms with Crippen LogP contribution in [0, 0.1) is 0 Å². The molecule has 0 spiro atoms. The maximum atomic E-state index is 5.96. The Morgan fingerprint density at radius 3 is 0.857 bits per heavy atom. The van der Waals surface area contributed by atoms with E-state index >= 15 is 0 Å². The average Bonchev–Trinajstić information content (AvgIpc) is 0.592. The zero-order valence-corrected chi connectivity index (χ0v) is 6.80. The third kappa shape index (κ3) is 726. The molecule has 44 valence electrons. The summed E-state index contributed by atoms with van der Waals surface area (Å²) in [4.78, 5) is 0. The van der Waals surface area contributed by atoms with Crippen LogP contribution in [0.2, 0.25) is 0 Å². The molecule has 0 aromatic rings. The zero-order valence-electron chi connectivity index (χ0n) is 5.99. The van der Waals surface area contributed by atoms with Crippen LogP contribution in [-0.4, -0.2) is 38.4 Å². The Morgan fingerprint density at radius 1 is 0.857 bits per heavy atom.